The first kappa shape index (κ1) is 16.1. The third-order valence-electron chi connectivity index (χ3n) is 3.58. The van der Waals surface area contributed by atoms with Crippen molar-refractivity contribution in [2.24, 2.45) is 5.92 Å². The Balaban J connectivity index is 2.46. The third kappa shape index (κ3) is 5.29. The van der Waals surface area contributed by atoms with Crippen molar-refractivity contribution in [1.82, 2.24) is 4.90 Å². The highest BCUT2D eigenvalue weighted by Crippen LogP contribution is 2.20. The van der Waals surface area contributed by atoms with E-state index in [1.54, 1.807) is 18.2 Å². The van der Waals surface area contributed by atoms with Crippen LogP contribution >= 0.6 is 0 Å². The van der Waals surface area contributed by atoms with Crippen LogP contribution in [0.5, 0.6) is 0 Å². The van der Waals surface area contributed by atoms with Crippen LogP contribution in [0.15, 0.2) is 24.3 Å². The molecule has 19 heavy (non-hydrogen) atoms. The fraction of sp³-hybridized carbons (Fsp3) is 0.625. The molecule has 2 atom stereocenters. The number of nitrogens with zero attached hydrogens (tertiary/aromatic N) is 1. The predicted molar refractivity (Wildman–Crippen MR) is 77.5 cm³/mol. The van der Waals surface area contributed by atoms with Crippen molar-refractivity contribution >= 4 is 0 Å². The number of rotatable bonds is 7. The van der Waals surface area contributed by atoms with Gasteiger partial charge in [-0.25, -0.2) is 4.39 Å². The molecule has 0 bridgehead atoms. The van der Waals surface area contributed by atoms with Crippen molar-refractivity contribution in [2.45, 2.75) is 45.8 Å². The van der Waals surface area contributed by atoms with Crippen molar-refractivity contribution in [3.8, 4) is 0 Å². The summed E-state index contributed by atoms with van der Waals surface area (Å²) in [4.78, 5) is 2.23. The lowest BCUT2D eigenvalue weighted by Gasteiger charge is -2.27. The van der Waals surface area contributed by atoms with Crippen LogP contribution in [0.2, 0.25) is 0 Å². The van der Waals surface area contributed by atoms with Gasteiger partial charge in [0.05, 0.1) is 6.10 Å². The summed E-state index contributed by atoms with van der Waals surface area (Å²) in [5.74, 6) is 0.335. The lowest BCUT2D eigenvalue weighted by molar-refractivity contribution is 0.131. The van der Waals surface area contributed by atoms with E-state index in [0.717, 1.165) is 13.0 Å². The predicted octanol–water partition coefficient (Wildman–Crippen LogP) is 3.62. The first-order chi connectivity index (χ1) is 8.91. The fourth-order valence-electron chi connectivity index (χ4n) is 2.31. The molecule has 1 rings (SSSR count). The molecule has 0 aliphatic carbocycles. The number of aliphatic hydroxyl groups excluding tert-OH is 1. The van der Waals surface area contributed by atoms with E-state index in [1.165, 1.54) is 6.07 Å². The van der Waals surface area contributed by atoms with E-state index in [1.807, 2.05) is 0 Å². The maximum absolute atomic E-state index is 13.5. The van der Waals surface area contributed by atoms with Gasteiger partial charge in [0.2, 0.25) is 0 Å². The quantitative estimate of drug-likeness (QED) is 0.815. The SMILES string of the molecule is CC(C)CC(C)N(C)CCC(O)c1ccccc1F. The minimum Gasteiger partial charge on any atom is -0.388 e. The van der Waals surface area contributed by atoms with E-state index in [-0.39, 0.29) is 5.82 Å². The molecule has 1 aromatic rings. The average molecular weight is 267 g/mol. The van der Waals surface area contributed by atoms with Gasteiger partial charge in [-0.05, 0) is 38.8 Å². The Hall–Kier alpha value is -0.930. The molecule has 0 aliphatic heterocycles. The van der Waals surface area contributed by atoms with Gasteiger partial charge in [0.25, 0.3) is 0 Å². The van der Waals surface area contributed by atoms with Gasteiger partial charge in [0.1, 0.15) is 5.82 Å². The van der Waals surface area contributed by atoms with Crippen LogP contribution in [0.1, 0.15) is 45.3 Å². The zero-order valence-electron chi connectivity index (χ0n) is 12.4. The lowest BCUT2D eigenvalue weighted by Crippen LogP contribution is -2.31. The minimum atomic E-state index is -0.727. The van der Waals surface area contributed by atoms with Crippen molar-refractivity contribution in [3.05, 3.63) is 35.6 Å². The molecule has 1 aromatic carbocycles. The van der Waals surface area contributed by atoms with Crippen molar-refractivity contribution < 1.29 is 9.50 Å². The van der Waals surface area contributed by atoms with Gasteiger partial charge in [0.15, 0.2) is 0 Å². The summed E-state index contributed by atoms with van der Waals surface area (Å²) in [5.41, 5.74) is 0.396. The molecule has 0 aromatic heterocycles. The Labute approximate surface area is 116 Å². The summed E-state index contributed by atoms with van der Waals surface area (Å²) in [5, 5.41) is 10.0. The molecular formula is C16H26FNO. The maximum atomic E-state index is 13.5. The topological polar surface area (TPSA) is 23.5 Å². The largest absolute Gasteiger partial charge is 0.388 e. The van der Waals surface area contributed by atoms with Crippen molar-refractivity contribution in [3.63, 3.8) is 0 Å². The van der Waals surface area contributed by atoms with Gasteiger partial charge >= 0.3 is 0 Å². The lowest BCUT2D eigenvalue weighted by atomic mass is 10.0. The van der Waals surface area contributed by atoms with Crippen LogP contribution in [0.25, 0.3) is 0 Å². The van der Waals surface area contributed by atoms with Crippen molar-refractivity contribution in [1.29, 1.82) is 0 Å². The third-order valence-corrected chi connectivity index (χ3v) is 3.58. The van der Waals surface area contributed by atoms with Crippen LogP contribution in [0.3, 0.4) is 0 Å². The van der Waals surface area contributed by atoms with Crippen LogP contribution in [-0.2, 0) is 0 Å². The Morgan fingerprint density at radius 3 is 2.42 bits per heavy atom. The number of aliphatic hydroxyl groups is 1. The highest BCUT2D eigenvalue weighted by atomic mass is 19.1. The van der Waals surface area contributed by atoms with Crippen LogP contribution in [0.4, 0.5) is 4.39 Å². The summed E-state index contributed by atoms with van der Waals surface area (Å²) >= 11 is 0. The fourth-order valence-corrected chi connectivity index (χ4v) is 2.31. The monoisotopic (exact) mass is 267 g/mol. The molecule has 2 nitrogen and oxygen atoms in total. The summed E-state index contributed by atoms with van der Waals surface area (Å²) in [7, 11) is 2.06. The Morgan fingerprint density at radius 2 is 1.84 bits per heavy atom. The summed E-state index contributed by atoms with van der Waals surface area (Å²) in [6.45, 7) is 7.37. The number of benzene rings is 1. The highest BCUT2D eigenvalue weighted by molar-refractivity contribution is 5.19. The smallest absolute Gasteiger partial charge is 0.128 e. The second-order valence-corrected chi connectivity index (χ2v) is 5.79. The first-order valence-electron chi connectivity index (χ1n) is 7.04. The number of halogens is 1. The molecule has 0 aliphatic rings. The Morgan fingerprint density at radius 1 is 1.21 bits per heavy atom. The summed E-state index contributed by atoms with van der Waals surface area (Å²) < 4.78 is 13.5. The molecule has 0 spiro atoms. The molecule has 1 N–H and O–H groups in total. The highest BCUT2D eigenvalue weighted by Gasteiger charge is 2.15. The second kappa shape index (κ2) is 7.61. The number of hydrogen-bond donors (Lipinski definition) is 1. The second-order valence-electron chi connectivity index (χ2n) is 5.79. The molecule has 0 amide bonds. The van der Waals surface area contributed by atoms with Crippen molar-refractivity contribution in [2.75, 3.05) is 13.6 Å². The Kier molecular flexibility index (Phi) is 6.46. The summed E-state index contributed by atoms with van der Waals surface area (Å²) in [6, 6.07) is 6.92. The van der Waals surface area contributed by atoms with Gasteiger partial charge in [-0.2, -0.15) is 0 Å². The molecule has 3 heteroatoms. The maximum Gasteiger partial charge on any atom is 0.128 e. The van der Waals surface area contributed by atoms with Crippen LogP contribution < -0.4 is 0 Å². The van der Waals surface area contributed by atoms with E-state index in [0.29, 0.717) is 23.9 Å². The van der Waals surface area contributed by atoms with E-state index in [4.69, 9.17) is 0 Å². The van der Waals surface area contributed by atoms with Gasteiger partial charge in [0, 0.05) is 18.2 Å². The summed E-state index contributed by atoms with van der Waals surface area (Å²) in [6.07, 6.45) is 0.960. The average Bonchev–Trinajstić information content (AvgIpc) is 2.35. The molecule has 0 heterocycles. The molecule has 2 unspecified atom stereocenters. The molecule has 108 valence electrons. The molecule has 0 fully saturated rings. The van der Waals surface area contributed by atoms with Gasteiger partial charge < -0.3 is 10.0 Å². The van der Waals surface area contributed by atoms with Gasteiger partial charge in [-0.1, -0.05) is 32.0 Å². The molecule has 0 radical (unpaired) electrons. The van der Waals surface area contributed by atoms with E-state index < -0.39 is 6.10 Å². The van der Waals surface area contributed by atoms with Gasteiger partial charge in [-0.15, -0.1) is 0 Å². The molecule has 0 saturated heterocycles. The first-order valence-corrected chi connectivity index (χ1v) is 7.04. The normalized spacial score (nSPS) is 14.9. The van der Waals surface area contributed by atoms with Crippen LogP contribution in [0, 0.1) is 11.7 Å². The molecular weight excluding hydrogens is 241 g/mol. The number of hydrogen-bond acceptors (Lipinski definition) is 2. The van der Waals surface area contributed by atoms with Crippen LogP contribution in [-0.4, -0.2) is 29.6 Å². The minimum absolute atomic E-state index is 0.326. The van der Waals surface area contributed by atoms with E-state index in [2.05, 4.69) is 32.7 Å². The van der Waals surface area contributed by atoms with E-state index >= 15 is 0 Å². The van der Waals surface area contributed by atoms with Gasteiger partial charge in [-0.3, -0.25) is 0 Å². The van der Waals surface area contributed by atoms with E-state index in [9.17, 15) is 9.50 Å². The zero-order valence-corrected chi connectivity index (χ0v) is 12.4. The zero-order chi connectivity index (χ0) is 14.4. The Bertz CT molecular complexity index is 381. The standard InChI is InChI=1S/C16H26FNO/c1-12(2)11-13(3)18(4)10-9-16(19)14-7-5-6-8-15(14)17/h5-8,12-13,16,19H,9-11H2,1-4H3. The molecule has 0 saturated carbocycles.